The lowest BCUT2D eigenvalue weighted by molar-refractivity contribution is 1.05. The van der Waals surface area contributed by atoms with Crippen LogP contribution in [0.2, 0.25) is 0 Å². The molecule has 0 radical (unpaired) electrons. The average Bonchev–Trinajstić information content (AvgIpc) is 3.03. The van der Waals surface area contributed by atoms with E-state index in [1.807, 2.05) is 0 Å². The molecule has 0 saturated heterocycles. The second-order valence-corrected chi connectivity index (χ2v) is 6.16. The van der Waals surface area contributed by atoms with Gasteiger partial charge in [-0.05, 0) is 84.1 Å². The second kappa shape index (κ2) is 4.34. The summed E-state index contributed by atoms with van der Waals surface area (Å²) < 4.78 is 0. The van der Waals surface area contributed by atoms with Gasteiger partial charge in [-0.1, -0.05) is 36.4 Å². The molecule has 2 aliphatic rings. The Morgan fingerprint density at radius 2 is 1.05 bits per heavy atom. The molecule has 0 bridgehead atoms. The van der Waals surface area contributed by atoms with Crippen LogP contribution in [0, 0.1) is 13.8 Å². The number of benzene rings is 2. The lowest BCUT2D eigenvalue weighted by Gasteiger charge is -2.09. The molecular weight excluding hydrogens is 240 g/mol. The molecule has 0 unspecified atom stereocenters. The van der Waals surface area contributed by atoms with E-state index in [4.69, 9.17) is 0 Å². The van der Waals surface area contributed by atoms with Crippen LogP contribution in [0.3, 0.4) is 0 Å². The monoisotopic (exact) mass is 260 g/mol. The Morgan fingerprint density at radius 3 is 1.50 bits per heavy atom. The summed E-state index contributed by atoms with van der Waals surface area (Å²) in [5, 5.41) is 0. The molecule has 0 fully saturated rings. The Morgan fingerprint density at radius 1 is 0.600 bits per heavy atom. The maximum atomic E-state index is 2.32. The highest BCUT2D eigenvalue weighted by molar-refractivity contribution is 5.96. The standard InChI is InChI=1S/C20H20/c1-13-5-3-7-17-15(13)9-11-19(17)20-12-10-16-14(2)6-4-8-18(16)20/h3-8H,9-12H2,1-2H3/b20-19+. The van der Waals surface area contributed by atoms with Crippen LogP contribution < -0.4 is 0 Å². The summed E-state index contributed by atoms with van der Waals surface area (Å²) in [6, 6.07) is 13.6. The molecule has 4 rings (SSSR count). The SMILES string of the molecule is Cc1cccc2c1CC/C2=C1/CCc2c(C)cccc21. The summed E-state index contributed by atoms with van der Waals surface area (Å²) in [7, 11) is 0. The summed E-state index contributed by atoms with van der Waals surface area (Å²) in [4.78, 5) is 0. The van der Waals surface area contributed by atoms with Crippen molar-refractivity contribution in [1.82, 2.24) is 0 Å². The summed E-state index contributed by atoms with van der Waals surface area (Å²) in [5.74, 6) is 0. The van der Waals surface area contributed by atoms with Crippen molar-refractivity contribution in [3.63, 3.8) is 0 Å². The van der Waals surface area contributed by atoms with Crippen molar-refractivity contribution in [1.29, 1.82) is 0 Å². The molecule has 0 amide bonds. The highest BCUT2D eigenvalue weighted by Crippen LogP contribution is 2.44. The molecule has 2 aromatic carbocycles. The van der Waals surface area contributed by atoms with Crippen LogP contribution in [0.25, 0.3) is 11.1 Å². The van der Waals surface area contributed by atoms with Gasteiger partial charge in [0.1, 0.15) is 0 Å². The van der Waals surface area contributed by atoms with Crippen LogP contribution in [-0.2, 0) is 12.8 Å². The number of rotatable bonds is 0. The minimum atomic E-state index is 1.22. The molecule has 0 atom stereocenters. The van der Waals surface area contributed by atoms with E-state index < -0.39 is 0 Å². The summed E-state index contributed by atoms with van der Waals surface area (Å²) in [6.45, 7) is 4.50. The van der Waals surface area contributed by atoms with Crippen molar-refractivity contribution in [3.8, 4) is 0 Å². The molecule has 0 nitrogen and oxygen atoms in total. The van der Waals surface area contributed by atoms with E-state index in [-0.39, 0.29) is 0 Å². The van der Waals surface area contributed by atoms with E-state index in [1.54, 1.807) is 22.3 Å². The Balaban J connectivity index is 1.93. The normalized spacial score (nSPS) is 20.1. The van der Waals surface area contributed by atoms with Gasteiger partial charge in [0.25, 0.3) is 0 Å². The van der Waals surface area contributed by atoms with Crippen LogP contribution >= 0.6 is 0 Å². The first-order chi connectivity index (χ1) is 9.75. The predicted molar refractivity (Wildman–Crippen MR) is 85.8 cm³/mol. The summed E-state index contributed by atoms with van der Waals surface area (Å²) >= 11 is 0. The van der Waals surface area contributed by atoms with Gasteiger partial charge < -0.3 is 0 Å². The van der Waals surface area contributed by atoms with Gasteiger partial charge in [-0.15, -0.1) is 0 Å². The fraction of sp³-hybridized carbons (Fsp3) is 0.300. The molecule has 20 heavy (non-hydrogen) atoms. The van der Waals surface area contributed by atoms with Crippen LogP contribution in [0.5, 0.6) is 0 Å². The zero-order valence-electron chi connectivity index (χ0n) is 12.3. The molecular formula is C20H20. The number of hydrogen-bond donors (Lipinski definition) is 0. The van der Waals surface area contributed by atoms with Crippen LogP contribution in [0.15, 0.2) is 36.4 Å². The molecule has 0 heterocycles. The molecule has 0 saturated carbocycles. The quantitative estimate of drug-likeness (QED) is 0.617. The minimum absolute atomic E-state index is 1.22. The van der Waals surface area contributed by atoms with Crippen LogP contribution in [0.1, 0.15) is 46.2 Å². The van der Waals surface area contributed by atoms with Gasteiger partial charge in [-0.2, -0.15) is 0 Å². The maximum Gasteiger partial charge on any atom is -0.0187 e. The Labute approximate surface area is 121 Å². The number of hydrogen-bond acceptors (Lipinski definition) is 0. The van der Waals surface area contributed by atoms with Crippen molar-refractivity contribution in [2.75, 3.05) is 0 Å². The van der Waals surface area contributed by atoms with Crippen molar-refractivity contribution < 1.29 is 0 Å². The topological polar surface area (TPSA) is 0 Å². The first-order valence-electron chi connectivity index (χ1n) is 7.65. The Bertz CT molecular complexity index is 668. The van der Waals surface area contributed by atoms with E-state index in [2.05, 4.69) is 50.2 Å². The second-order valence-electron chi connectivity index (χ2n) is 6.16. The molecule has 0 aliphatic heterocycles. The summed E-state index contributed by atoms with van der Waals surface area (Å²) in [5.41, 5.74) is 12.4. The summed E-state index contributed by atoms with van der Waals surface area (Å²) in [6.07, 6.45) is 4.90. The fourth-order valence-electron chi connectivity index (χ4n) is 4.03. The average molecular weight is 260 g/mol. The number of fused-ring (bicyclic) bond motifs is 2. The molecule has 0 heteroatoms. The maximum absolute atomic E-state index is 2.32. The van der Waals surface area contributed by atoms with Gasteiger partial charge >= 0.3 is 0 Å². The molecule has 0 spiro atoms. The van der Waals surface area contributed by atoms with Gasteiger partial charge in [0, 0.05) is 0 Å². The Kier molecular flexibility index (Phi) is 2.60. The highest BCUT2D eigenvalue weighted by Gasteiger charge is 2.26. The van der Waals surface area contributed by atoms with E-state index >= 15 is 0 Å². The molecule has 0 aromatic heterocycles. The van der Waals surface area contributed by atoms with Gasteiger partial charge in [-0.3, -0.25) is 0 Å². The minimum Gasteiger partial charge on any atom is -0.0614 e. The van der Waals surface area contributed by atoms with E-state index in [1.165, 1.54) is 47.9 Å². The van der Waals surface area contributed by atoms with Crippen molar-refractivity contribution in [3.05, 3.63) is 69.8 Å². The fourth-order valence-corrected chi connectivity index (χ4v) is 4.03. The zero-order valence-corrected chi connectivity index (χ0v) is 12.3. The number of aryl methyl sites for hydroxylation is 2. The van der Waals surface area contributed by atoms with E-state index in [0.29, 0.717) is 0 Å². The predicted octanol–water partition coefficient (Wildman–Crippen LogP) is 5.11. The number of allylic oxidation sites excluding steroid dienone is 2. The molecule has 100 valence electrons. The molecule has 0 N–H and O–H groups in total. The first kappa shape index (κ1) is 12.0. The smallest absolute Gasteiger partial charge is 0.0187 e. The first-order valence-corrected chi connectivity index (χ1v) is 7.65. The van der Waals surface area contributed by atoms with Crippen LogP contribution in [-0.4, -0.2) is 0 Å². The third-order valence-corrected chi connectivity index (χ3v) is 5.09. The molecule has 2 aromatic rings. The third kappa shape index (κ3) is 1.61. The van der Waals surface area contributed by atoms with E-state index in [9.17, 15) is 0 Å². The van der Waals surface area contributed by atoms with E-state index in [0.717, 1.165) is 0 Å². The van der Waals surface area contributed by atoms with Crippen molar-refractivity contribution >= 4 is 11.1 Å². The van der Waals surface area contributed by atoms with Gasteiger partial charge in [0.2, 0.25) is 0 Å². The molecule has 2 aliphatic carbocycles. The zero-order chi connectivity index (χ0) is 13.7. The highest BCUT2D eigenvalue weighted by atomic mass is 14.3. The van der Waals surface area contributed by atoms with Gasteiger partial charge in [0.05, 0.1) is 0 Å². The van der Waals surface area contributed by atoms with Gasteiger partial charge in [0.15, 0.2) is 0 Å². The lowest BCUT2D eigenvalue weighted by Crippen LogP contribution is -1.88. The lowest BCUT2D eigenvalue weighted by atomic mass is 9.95. The third-order valence-electron chi connectivity index (χ3n) is 5.09. The van der Waals surface area contributed by atoms with Gasteiger partial charge in [-0.25, -0.2) is 0 Å². The van der Waals surface area contributed by atoms with Crippen molar-refractivity contribution in [2.45, 2.75) is 39.5 Å². The largest absolute Gasteiger partial charge is 0.0614 e. The Hall–Kier alpha value is -1.82. The van der Waals surface area contributed by atoms with Crippen molar-refractivity contribution in [2.24, 2.45) is 0 Å². The van der Waals surface area contributed by atoms with Crippen LogP contribution in [0.4, 0.5) is 0 Å².